The van der Waals surface area contributed by atoms with Crippen LogP contribution < -0.4 is 0 Å². The molecule has 0 saturated carbocycles. The van der Waals surface area contributed by atoms with Crippen molar-refractivity contribution in [3.63, 3.8) is 0 Å². The van der Waals surface area contributed by atoms with E-state index in [9.17, 15) is 0 Å². The number of aryl methyl sites for hydroxylation is 1. The second-order valence-electron chi connectivity index (χ2n) is 5.03. The molecule has 1 aliphatic heterocycles. The molecule has 4 nitrogen and oxygen atoms in total. The van der Waals surface area contributed by atoms with Crippen LogP contribution in [0.5, 0.6) is 0 Å². The Labute approximate surface area is 101 Å². The summed E-state index contributed by atoms with van der Waals surface area (Å²) in [6.07, 6.45) is 5.70. The Balaban J connectivity index is 1.92. The molecule has 1 saturated heterocycles. The zero-order valence-electron chi connectivity index (χ0n) is 10.4. The number of hydrogen-bond donors (Lipinski definition) is 0. The van der Waals surface area contributed by atoms with E-state index in [1.165, 1.54) is 24.9 Å². The molecule has 3 heterocycles. The van der Waals surface area contributed by atoms with Crippen molar-refractivity contribution in [2.24, 2.45) is 0 Å². The molecule has 0 amide bonds. The quantitative estimate of drug-likeness (QED) is 0.787. The van der Waals surface area contributed by atoms with E-state index in [4.69, 9.17) is 0 Å². The third-order valence-corrected chi connectivity index (χ3v) is 3.71. The summed E-state index contributed by atoms with van der Waals surface area (Å²) in [7, 11) is 2.20. The van der Waals surface area contributed by atoms with Crippen LogP contribution in [0.3, 0.4) is 0 Å². The molecular formula is C13H18N4. The van der Waals surface area contributed by atoms with Crippen LogP contribution in [-0.4, -0.2) is 39.1 Å². The van der Waals surface area contributed by atoms with Gasteiger partial charge in [-0.15, -0.1) is 10.2 Å². The van der Waals surface area contributed by atoms with Crippen LogP contribution >= 0.6 is 0 Å². The van der Waals surface area contributed by atoms with E-state index in [2.05, 4.69) is 45.7 Å². The second-order valence-corrected chi connectivity index (χ2v) is 5.03. The van der Waals surface area contributed by atoms with Gasteiger partial charge < -0.3 is 4.90 Å². The van der Waals surface area contributed by atoms with E-state index in [0.717, 1.165) is 17.9 Å². The van der Waals surface area contributed by atoms with Gasteiger partial charge in [0.15, 0.2) is 5.65 Å². The maximum atomic E-state index is 4.32. The molecule has 0 bridgehead atoms. The van der Waals surface area contributed by atoms with Crippen LogP contribution in [0.25, 0.3) is 5.65 Å². The SMILES string of the molecule is Cc1ccc2nnc(CC3CCCN3C)n2c1. The number of rotatable bonds is 2. The third kappa shape index (κ3) is 1.93. The van der Waals surface area contributed by atoms with Gasteiger partial charge in [-0.05, 0) is 45.0 Å². The zero-order chi connectivity index (χ0) is 11.8. The molecule has 0 aromatic carbocycles. The fourth-order valence-corrected chi connectivity index (χ4v) is 2.63. The van der Waals surface area contributed by atoms with Gasteiger partial charge in [-0.2, -0.15) is 0 Å². The molecule has 90 valence electrons. The van der Waals surface area contributed by atoms with Gasteiger partial charge in [-0.3, -0.25) is 4.40 Å². The van der Waals surface area contributed by atoms with Crippen molar-refractivity contribution >= 4 is 5.65 Å². The summed E-state index contributed by atoms with van der Waals surface area (Å²) in [6.45, 7) is 3.31. The van der Waals surface area contributed by atoms with Gasteiger partial charge in [0.2, 0.25) is 0 Å². The van der Waals surface area contributed by atoms with Gasteiger partial charge in [0, 0.05) is 18.7 Å². The minimum atomic E-state index is 0.628. The number of pyridine rings is 1. The predicted molar refractivity (Wildman–Crippen MR) is 67.1 cm³/mol. The van der Waals surface area contributed by atoms with Crippen molar-refractivity contribution in [3.05, 3.63) is 29.7 Å². The number of fused-ring (bicyclic) bond motifs is 1. The van der Waals surface area contributed by atoms with Crippen LogP contribution in [0.2, 0.25) is 0 Å². The second kappa shape index (κ2) is 4.11. The lowest BCUT2D eigenvalue weighted by atomic mass is 10.1. The van der Waals surface area contributed by atoms with E-state index in [1.54, 1.807) is 0 Å². The van der Waals surface area contributed by atoms with Gasteiger partial charge >= 0.3 is 0 Å². The smallest absolute Gasteiger partial charge is 0.160 e. The molecule has 0 radical (unpaired) electrons. The Morgan fingerprint density at radius 1 is 1.35 bits per heavy atom. The molecule has 0 spiro atoms. The fraction of sp³-hybridized carbons (Fsp3) is 0.538. The van der Waals surface area contributed by atoms with Crippen LogP contribution in [0.1, 0.15) is 24.2 Å². The summed E-state index contributed by atoms with van der Waals surface area (Å²) < 4.78 is 2.13. The highest BCUT2D eigenvalue weighted by molar-refractivity contribution is 5.39. The lowest BCUT2D eigenvalue weighted by Crippen LogP contribution is -2.27. The Morgan fingerprint density at radius 3 is 3.00 bits per heavy atom. The molecule has 0 aliphatic carbocycles. The van der Waals surface area contributed by atoms with Crippen LogP contribution in [-0.2, 0) is 6.42 Å². The predicted octanol–water partition coefficient (Wildman–Crippen LogP) is 1.67. The standard InChI is InChI=1S/C13H18N4/c1-10-5-6-12-14-15-13(17(12)9-10)8-11-4-3-7-16(11)2/h5-6,9,11H,3-4,7-8H2,1-2H3. The van der Waals surface area contributed by atoms with Crippen molar-refractivity contribution in [1.29, 1.82) is 0 Å². The highest BCUT2D eigenvalue weighted by Gasteiger charge is 2.22. The van der Waals surface area contributed by atoms with Crippen LogP contribution in [0, 0.1) is 6.92 Å². The molecule has 4 heteroatoms. The maximum absolute atomic E-state index is 4.32. The molecule has 17 heavy (non-hydrogen) atoms. The first-order valence-corrected chi connectivity index (χ1v) is 6.24. The zero-order valence-corrected chi connectivity index (χ0v) is 10.4. The topological polar surface area (TPSA) is 33.4 Å². The lowest BCUT2D eigenvalue weighted by molar-refractivity contribution is 0.305. The fourth-order valence-electron chi connectivity index (χ4n) is 2.63. The van der Waals surface area contributed by atoms with Gasteiger partial charge in [0.05, 0.1) is 0 Å². The highest BCUT2D eigenvalue weighted by Crippen LogP contribution is 2.19. The Hall–Kier alpha value is -1.42. The van der Waals surface area contributed by atoms with Crippen LogP contribution in [0.4, 0.5) is 0 Å². The number of nitrogens with zero attached hydrogens (tertiary/aromatic N) is 4. The van der Waals surface area contributed by atoms with Gasteiger partial charge in [-0.25, -0.2) is 0 Å². The first kappa shape index (κ1) is 10.7. The molecule has 2 aromatic heterocycles. The van der Waals surface area contributed by atoms with E-state index >= 15 is 0 Å². The average molecular weight is 230 g/mol. The Morgan fingerprint density at radius 2 is 2.24 bits per heavy atom. The molecule has 1 unspecified atom stereocenters. The van der Waals surface area contributed by atoms with E-state index in [1.807, 2.05) is 6.07 Å². The van der Waals surface area contributed by atoms with Crippen LogP contribution in [0.15, 0.2) is 18.3 Å². The Kier molecular flexibility index (Phi) is 2.59. The summed E-state index contributed by atoms with van der Waals surface area (Å²) in [5.74, 6) is 1.09. The summed E-state index contributed by atoms with van der Waals surface area (Å²) in [4.78, 5) is 2.43. The van der Waals surface area contributed by atoms with Gasteiger partial charge in [0.25, 0.3) is 0 Å². The maximum Gasteiger partial charge on any atom is 0.160 e. The molecular weight excluding hydrogens is 212 g/mol. The van der Waals surface area contributed by atoms with Crippen molar-refractivity contribution in [1.82, 2.24) is 19.5 Å². The minimum Gasteiger partial charge on any atom is -0.303 e. The summed E-state index contributed by atoms with van der Waals surface area (Å²) in [6, 6.07) is 4.74. The van der Waals surface area contributed by atoms with E-state index in [0.29, 0.717) is 6.04 Å². The van der Waals surface area contributed by atoms with Crippen molar-refractivity contribution in [2.45, 2.75) is 32.2 Å². The minimum absolute atomic E-state index is 0.628. The molecule has 1 aliphatic rings. The number of likely N-dealkylation sites (N-methyl/N-ethyl adjacent to an activating group) is 1. The molecule has 0 N–H and O–H groups in total. The first-order valence-electron chi connectivity index (χ1n) is 6.24. The number of hydrogen-bond acceptors (Lipinski definition) is 3. The molecule has 3 rings (SSSR count). The summed E-state index contributed by atoms with van der Waals surface area (Å²) in [5.41, 5.74) is 2.20. The van der Waals surface area contributed by atoms with Gasteiger partial charge in [0.1, 0.15) is 5.82 Å². The number of aromatic nitrogens is 3. The van der Waals surface area contributed by atoms with E-state index < -0.39 is 0 Å². The van der Waals surface area contributed by atoms with Crippen molar-refractivity contribution < 1.29 is 0 Å². The van der Waals surface area contributed by atoms with Crippen molar-refractivity contribution in [3.8, 4) is 0 Å². The monoisotopic (exact) mass is 230 g/mol. The Bertz CT molecular complexity index is 531. The summed E-state index contributed by atoms with van der Waals surface area (Å²) >= 11 is 0. The van der Waals surface area contributed by atoms with Crippen molar-refractivity contribution in [2.75, 3.05) is 13.6 Å². The molecule has 1 atom stereocenters. The average Bonchev–Trinajstić information content (AvgIpc) is 2.88. The largest absolute Gasteiger partial charge is 0.303 e. The van der Waals surface area contributed by atoms with E-state index in [-0.39, 0.29) is 0 Å². The third-order valence-electron chi connectivity index (χ3n) is 3.71. The number of likely N-dealkylation sites (tertiary alicyclic amines) is 1. The molecule has 2 aromatic rings. The first-order chi connectivity index (χ1) is 8.24. The highest BCUT2D eigenvalue weighted by atomic mass is 15.3. The molecule has 1 fully saturated rings. The summed E-state index contributed by atoms with van der Waals surface area (Å²) in [5, 5.41) is 8.54. The lowest BCUT2D eigenvalue weighted by Gasteiger charge is -2.18. The normalized spacial score (nSPS) is 21.4. The van der Waals surface area contributed by atoms with Gasteiger partial charge in [-0.1, -0.05) is 6.07 Å².